The van der Waals surface area contributed by atoms with Crippen molar-refractivity contribution in [3.05, 3.63) is 6.92 Å². The van der Waals surface area contributed by atoms with E-state index >= 15 is 0 Å². The van der Waals surface area contributed by atoms with Crippen LogP contribution in [0.1, 0.15) is 162 Å². The highest BCUT2D eigenvalue weighted by Gasteiger charge is 2.07. The lowest BCUT2D eigenvalue weighted by atomic mass is 9.90. The van der Waals surface area contributed by atoms with Crippen LogP contribution in [0.4, 0.5) is 0 Å². The summed E-state index contributed by atoms with van der Waals surface area (Å²) in [5, 5.41) is 0. The molecule has 0 heterocycles. The average Bonchev–Trinajstić information content (AvgIpc) is 2.68. The minimum absolute atomic E-state index is 1.00. The lowest BCUT2D eigenvalue weighted by Gasteiger charge is -2.16. The van der Waals surface area contributed by atoms with Crippen LogP contribution in [-0.2, 0) is 0 Å². The Labute approximate surface area is 174 Å². The van der Waals surface area contributed by atoms with Crippen LogP contribution in [0.25, 0.3) is 0 Å². The van der Waals surface area contributed by atoms with Gasteiger partial charge in [0.05, 0.1) is 0 Å². The monoisotopic (exact) mass is 379 g/mol. The summed E-state index contributed by atoms with van der Waals surface area (Å²) < 4.78 is 0. The van der Waals surface area contributed by atoms with Gasteiger partial charge in [-0.1, -0.05) is 168 Å². The van der Waals surface area contributed by atoms with Crippen LogP contribution in [0.3, 0.4) is 0 Å². The number of unbranched alkanes of at least 4 members (excludes halogenated alkanes) is 17. The Morgan fingerprint density at radius 3 is 1.11 bits per heavy atom. The maximum absolute atomic E-state index is 4.03. The van der Waals surface area contributed by atoms with E-state index in [1.165, 1.54) is 141 Å². The van der Waals surface area contributed by atoms with Crippen molar-refractivity contribution in [3.8, 4) is 0 Å². The fraction of sp³-hybridized carbons (Fsp3) is 0.963. The first kappa shape index (κ1) is 27.0. The molecule has 0 aliphatic carbocycles. The topological polar surface area (TPSA) is 0 Å². The molecule has 0 aromatic heterocycles. The molecule has 0 aliphatic heterocycles. The second kappa shape index (κ2) is 24.0. The van der Waals surface area contributed by atoms with Crippen molar-refractivity contribution in [2.24, 2.45) is 5.92 Å². The molecule has 0 fully saturated rings. The molecule has 0 aliphatic rings. The van der Waals surface area contributed by atoms with Gasteiger partial charge >= 0.3 is 0 Å². The van der Waals surface area contributed by atoms with Crippen LogP contribution < -0.4 is 0 Å². The van der Waals surface area contributed by atoms with Crippen LogP contribution in [0.5, 0.6) is 0 Å². The first-order valence-corrected chi connectivity index (χ1v) is 13.1. The van der Waals surface area contributed by atoms with Gasteiger partial charge in [0, 0.05) is 0 Å². The van der Waals surface area contributed by atoms with Gasteiger partial charge in [-0.3, -0.25) is 0 Å². The first-order valence-electron chi connectivity index (χ1n) is 13.1. The highest BCUT2D eigenvalue weighted by molar-refractivity contribution is 4.62. The summed E-state index contributed by atoms with van der Waals surface area (Å²) in [4.78, 5) is 0. The quantitative estimate of drug-likeness (QED) is 0.155. The zero-order valence-corrected chi connectivity index (χ0v) is 19.5. The van der Waals surface area contributed by atoms with Gasteiger partial charge in [-0.05, 0) is 5.92 Å². The Balaban J connectivity index is 3.31. The Hall–Kier alpha value is 0. The third kappa shape index (κ3) is 22.2. The minimum Gasteiger partial charge on any atom is -0.0654 e. The normalized spacial score (nSPS) is 12.6. The molecule has 1 radical (unpaired) electrons. The van der Waals surface area contributed by atoms with E-state index in [1.807, 2.05) is 0 Å². The maximum atomic E-state index is 4.03. The predicted molar refractivity (Wildman–Crippen MR) is 126 cm³/mol. The summed E-state index contributed by atoms with van der Waals surface area (Å²) in [6.45, 7) is 8.65. The van der Waals surface area contributed by atoms with Crippen molar-refractivity contribution in [2.75, 3.05) is 0 Å². The highest BCUT2D eigenvalue weighted by atomic mass is 14.1. The molecule has 1 unspecified atom stereocenters. The lowest BCUT2D eigenvalue weighted by Crippen LogP contribution is -2.01. The van der Waals surface area contributed by atoms with Crippen molar-refractivity contribution in [1.29, 1.82) is 0 Å². The van der Waals surface area contributed by atoms with E-state index in [2.05, 4.69) is 20.8 Å². The van der Waals surface area contributed by atoms with Crippen LogP contribution in [0, 0.1) is 12.8 Å². The molecule has 0 heteroatoms. The SMILES string of the molecule is [CH2]CCCC(CCCCC)CCCCCCCCCCCCCCCCC. The zero-order valence-electron chi connectivity index (χ0n) is 19.5. The second-order valence-corrected chi connectivity index (χ2v) is 9.10. The van der Waals surface area contributed by atoms with E-state index in [4.69, 9.17) is 0 Å². The molecule has 0 N–H and O–H groups in total. The van der Waals surface area contributed by atoms with Crippen molar-refractivity contribution < 1.29 is 0 Å². The molecular weight excluding hydrogens is 324 g/mol. The molecular formula is C27H55. The van der Waals surface area contributed by atoms with Gasteiger partial charge in [-0.25, -0.2) is 0 Å². The standard InChI is InChI=1S/C27H55/c1-4-7-10-11-12-13-14-15-16-17-18-19-20-21-23-26-27(24-9-6-3)25-22-8-5-2/h27H,3-26H2,1-2H3. The van der Waals surface area contributed by atoms with E-state index in [0.717, 1.165) is 12.3 Å². The molecule has 0 aromatic carbocycles. The largest absolute Gasteiger partial charge is 0.0654 e. The maximum Gasteiger partial charge on any atom is -0.0414 e. The Kier molecular flexibility index (Phi) is 24.0. The predicted octanol–water partition coefficient (Wildman–Crippen LogP) is 10.4. The van der Waals surface area contributed by atoms with E-state index in [1.54, 1.807) is 0 Å². The van der Waals surface area contributed by atoms with Crippen LogP contribution in [-0.4, -0.2) is 0 Å². The van der Waals surface area contributed by atoms with Crippen LogP contribution in [0.2, 0.25) is 0 Å². The molecule has 0 nitrogen and oxygen atoms in total. The van der Waals surface area contributed by atoms with E-state index < -0.39 is 0 Å². The summed E-state index contributed by atoms with van der Waals surface area (Å²) in [6, 6.07) is 0. The molecule has 0 saturated carbocycles. The summed E-state index contributed by atoms with van der Waals surface area (Å²) in [6.07, 6.45) is 33.2. The molecule has 27 heavy (non-hydrogen) atoms. The highest BCUT2D eigenvalue weighted by Crippen LogP contribution is 2.23. The molecule has 163 valence electrons. The second-order valence-electron chi connectivity index (χ2n) is 9.10. The molecule has 0 aromatic rings. The van der Waals surface area contributed by atoms with Gasteiger partial charge in [0.1, 0.15) is 0 Å². The Bertz CT molecular complexity index is 244. The first-order chi connectivity index (χ1) is 13.3. The van der Waals surface area contributed by atoms with Gasteiger partial charge in [0.2, 0.25) is 0 Å². The number of hydrogen-bond donors (Lipinski definition) is 0. The van der Waals surface area contributed by atoms with Gasteiger partial charge < -0.3 is 0 Å². The van der Waals surface area contributed by atoms with Crippen molar-refractivity contribution in [1.82, 2.24) is 0 Å². The fourth-order valence-electron chi connectivity index (χ4n) is 4.35. The van der Waals surface area contributed by atoms with Gasteiger partial charge in [-0.15, -0.1) is 0 Å². The Morgan fingerprint density at radius 2 is 0.704 bits per heavy atom. The molecule has 0 bridgehead atoms. The average molecular weight is 380 g/mol. The Morgan fingerprint density at radius 1 is 0.407 bits per heavy atom. The number of hydrogen-bond acceptors (Lipinski definition) is 0. The van der Waals surface area contributed by atoms with Gasteiger partial charge in [-0.2, -0.15) is 0 Å². The lowest BCUT2D eigenvalue weighted by molar-refractivity contribution is 0.375. The van der Waals surface area contributed by atoms with Gasteiger partial charge in [0.15, 0.2) is 0 Å². The van der Waals surface area contributed by atoms with E-state index in [0.29, 0.717) is 0 Å². The van der Waals surface area contributed by atoms with Crippen LogP contribution >= 0.6 is 0 Å². The molecule has 0 spiro atoms. The van der Waals surface area contributed by atoms with Crippen molar-refractivity contribution >= 4 is 0 Å². The van der Waals surface area contributed by atoms with Crippen LogP contribution in [0.15, 0.2) is 0 Å². The third-order valence-electron chi connectivity index (χ3n) is 6.29. The van der Waals surface area contributed by atoms with Gasteiger partial charge in [0.25, 0.3) is 0 Å². The fourth-order valence-corrected chi connectivity index (χ4v) is 4.35. The summed E-state index contributed by atoms with van der Waals surface area (Å²) in [5.74, 6) is 1.00. The zero-order chi connectivity index (χ0) is 19.8. The molecule has 0 rings (SSSR count). The molecule has 0 amide bonds. The van der Waals surface area contributed by atoms with Crippen molar-refractivity contribution in [3.63, 3.8) is 0 Å². The van der Waals surface area contributed by atoms with Crippen molar-refractivity contribution in [2.45, 2.75) is 162 Å². The third-order valence-corrected chi connectivity index (χ3v) is 6.29. The summed E-state index contributed by atoms with van der Waals surface area (Å²) in [5.41, 5.74) is 0. The summed E-state index contributed by atoms with van der Waals surface area (Å²) >= 11 is 0. The summed E-state index contributed by atoms with van der Waals surface area (Å²) in [7, 11) is 0. The van der Waals surface area contributed by atoms with E-state index in [9.17, 15) is 0 Å². The minimum atomic E-state index is 1.00. The smallest absolute Gasteiger partial charge is 0.0414 e. The molecule has 0 saturated heterocycles. The van der Waals surface area contributed by atoms with E-state index in [-0.39, 0.29) is 0 Å². The molecule has 1 atom stereocenters. The number of rotatable bonds is 23.